The van der Waals surface area contributed by atoms with Crippen molar-refractivity contribution in [2.75, 3.05) is 7.11 Å². The van der Waals surface area contributed by atoms with E-state index in [1.165, 1.54) is 25.7 Å². The summed E-state index contributed by atoms with van der Waals surface area (Å²) in [6.07, 6.45) is 5.88. The van der Waals surface area contributed by atoms with E-state index in [0.717, 1.165) is 6.42 Å². The third-order valence-electron chi connectivity index (χ3n) is 4.14. The number of rotatable bonds is 4. The van der Waals surface area contributed by atoms with E-state index in [-0.39, 0.29) is 6.10 Å². The van der Waals surface area contributed by atoms with Gasteiger partial charge in [-0.05, 0) is 32.1 Å². The van der Waals surface area contributed by atoms with Gasteiger partial charge in [0.15, 0.2) is 0 Å². The lowest BCUT2D eigenvalue weighted by molar-refractivity contribution is -0.117. The molecule has 0 heterocycles. The Kier molecular flexibility index (Phi) is 4.60. The molecule has 2 heteroatoms. The van der Waals surface area contributed by atoms with Gasteiger partial charge in [-0.1, -0.05) is 32.6 Å². The minimum atomic E-state index is -0.407. The van der Waals surface area contributed by atoms with E-state index in [4.69, 9.17) is 4.74 Å². The highest BCUT2D eigenvalue weighted by Gasteiger charge is 2.38. The van der Waals surface area contributed by atoms with Crippen LogP contribution in [0.15, 0.2) is 0 Å². The van der Waals surface area contributed by atoms with Crippen molar-refractivity contribution in [1.82, 2.24) is 0 Å². The molecule has 90 valence electrons. The average molecular weight is 214 g/mol. The van der Waals surface area contributed by atoms with E-state index in [0.29, 0.717) is 11.8 Å². The molecule has 1 aliphatic rings. The molecule has 0 bridgehead atoms. The van der Waals surface area contributed by atoms with E-state index < -0.39 is 5.60 Å². The average Bonchev–Trinajstić information content (AvgIpc) is 2.28. The molecule has 0 spiro atoms. The molecule has 1 saturated carbocycles. The Morgan fingerprint density at radius 1 is 1.33 bits per heavy atom. The molecule has 3 unspecified atom stereocenters. The highest BCUT2D eigenvalue weighted by atomic mass is 16.5. The predicted octanol–water partition coefficient (Wildman–Crippen LogP) is 2.99. The van der Waals surface area contributed by atoms with Crippen LogP contribution >= 0.6 is 0 Å². The second kappa shape index (κ2) is 5.31. The first kappa shape index (κ1) is 13.0. The van der Waals surface area contributed by atoms with Crippen molar-refractivity contribution >= 4 is 0 Å². The lowest BCUT2D eigenvalue weighted by Crippen LogP contribution is -2.46. The van der Waals surface area contributed by atoms with E-state index in [1.54, 1.807) is 7.11 Å². The maximum atomic E-state index is 10.4. The molecule has 0 aromatic heterocycles. The first-order valence-electron chi connectivity index (χ1n) is 6.26. The van der Waals surface area contributed by atoms with Gasteiger partial charge < -0.3 is 9.84 Å². The maximum Gasteiger partial charge on any atom is 0.0883 e. The number of aliphatic hydroxyl groups excluding tert-OH is 1. The van der Waals surface area contributed by atoms with Crippen molar-refractivity contribution in [3.8, 4) is 0 Å². The number of aliphatic hydroxyl groups is 1. The maximum absolute atomic E-state index is 10.4. The quantitative estimate of drug-likeness (QED) is 0.779. The van der Waals surface area contributed by atoms with Gasteiger partial charge in [-0.25, -0.2) is 0 Å². The van der Waals surface area contributed by atoms with Crippen LogP contribution in [0.4, 0.5) is 0 Å². The van der Waals surface area contributed by atoms with Gasteiger partial charge in [0.2, 0.25) is 0 Å². The zero-order valence-corrected chi connectivity index (χ0v) is 10.6. The largest absolute Gasteiger partial charge is 0.390 e. The molecule has 1 aliphatic carbocycles. The first-order chi connectivity index (χ1) is 7.03. The molecule has 0 saturated heterocycles. The van der Waals surface area contributed by atoms with Crippen molar-refractivity contribution < 1.29 is 9.84 Å². The van der Waals surface area contributed by atoms with E-state index in [1.807, 2.05) is 13.8 Å². The Hall–Kier alpha value is -0.0800. The van der Waals surface area contributed by atoms with E-state index in [9.17, 15) is 5.11 Å². The van der Waals surface area contributed by atoms with Gasteiger partial charge in [0.1, 0.15) is 0 Å². The van der Waals surface area contributed by atoms with Crippen LogP contribution in [-0.4, -0.2) is 23.9 Å². The first-order valence-corrected chi connectivity index (χ1v) is 6.26. The molecule has 0 amide bonds. The van der Waals surface area contributed by atoms with E-state index in [2.05, 4.69) is 6.92 Å². The molecular formula is C13H26O2. The summed E-state index contributed by atoms with van der Waals surface area (Å²) < 4.78 is 5.40. The molecule has 1 rings (SSSR count). The molecule has 0 aromatic carbocycles. The van der Waals surface area contributed by atoms with Crippen LogP contribution in [0.3, 0.4) is 0 Å². The molecule has 3 atom stereocenters. The Morgan fingerprint density at radius 2 is 1.93 bits per heavy atom. The van der Waals surface area contributed by atoms with Crippen LogP contribution in [-0.2, 0) is 4.74 Å². The molecule has 1 fully saturated rings. The Balaban J connectivity index is 2.67. The van der Waals surface area contributed by atoms with Gasteiger partial charge >= 0.3 is 0 Å². The molecule has 2 nitrogen and oxygen atoms in total. The minimum Gasteiger partial charge on any atom is -0.390 e. The summed E-state index contributed by atoms with van der Waals surface area (Å²) in [5, 5.41) is 10.4. The van der Waals surface area contributed by atoms with Gasteiger partial charge in [0, 0.05) is 7.11 Å². The molecule has 0 aliphatic heterocycles. The van der Waals surface area contributed by atoms with Crippen molar-refractivity contribution in [3.63, 3.8) is 0 Å². The highest BCUT2D eigenvalue weighted by Crippen LogP contribution is 2.38. The van der Waals surface area contributed by atoms with Gasteiger partial charge in [-0.2, -0.15) is 0 Å². The number of methoxy groups -OCH3 is 1. The zero-order valence-electron chi connectivity index (χ0n) is 10.6. The van der Waals surface area contributed by atoms with Crippen LogP contribution in [0.5, 0.6) is 0 Å². The van der Waals surface area contributed by atoms with Crippen LogP contribution in [0.25, 0.3) is 0 Å². The summed E-state index contributed by atoms with van der Waals surface area (Å²) in [4.78, 5) is 0. The monoisotopic (exact) mass is 214 g/mol. The van der Waals surface area contributed by atoms with Crippen molar-refractivity contribution in [1.29, 1.82) is 0 Å². The third-order valence-corrected chi connectivity index (χ3v) is 4.14. The number of hydrogen-bond acceptors (Lipinski definition) is 2. The van der Waals surface area contributed by atoms with Crippen molar-refractivity contribution in [2.24, 2.45) is 11.8 Å². The summed E-state index contributed by atoms with van der Waals surface area (Å²) in [6, 6.07) is 0. The Bertz CT molecular complexity index is 189. The summed E-state index contributed by atoms with van der Waals surface area (Å²) in [5.74, 6) is 1.11. The van der Waals surface area contributed by atoms with Crippen LogP contribution < -0.4 is 0 Å². The Labute approximate surface area is 94.0 Å². The van der Waals surface area contributed by atoms with Crippen LogP contribution in [0, 0.1) is 11.8 Å². The molecule has 0 radical (unpaired) electrons. The van der Waals surface area contributed by atoms with Crippen molar-refractivity contribution in [2.45, 2.75) is 64.6 Å². The number of hydrogen-bond donors (Lipinski definition) is 1. The summed E-state index contributed by atoms with van der Waals surface area (Å²) in [5.41, 5.74) is -0.407. The van der Waals surface area contributed by atoms with Crippen LogP contribution in [0.2, 0.25) is 0 Å². The van der Waals surface area contributed by atoms with Crippen LogP contribution in [0.1, 0.15) is 52.9 Å². The lowest BCUT2D eigenvalue weighted by atomic mass is 9.71. The fraction of sp³-hybridized carbons (Fsp3) is 1.00. The van der Waals surface area contributed by atoms with Gasteiger partial charge in [-0.15, -0.1) is 0 Å². The normalized spacial score (nSPS) is 30.2. The zero-order chi connectivity index (χ0) is 11.5. The summed E-state index contributed by atoms with van der Waals surface area (Å²) in [7, 11) is 1.69. The summed E-state index contributed by atoms with van der Waals surface area (Å²) in [6.45, 7) is 6.20. The van der Waals surface area contributed by atoms with Crippen molar-refractivity contribution in [3.05, 3.63) is 0 Å². The molecular weight excluding hydrogens is 188 g/mol. The lowest BCUT2D eigenvalue weighted by Gasteiger charge is -2.41. The standard InChI is InChI=1S/C13H26O2/c1-5-10-8-6-7-9-11(10)12(14)13(2,3)15-4/h10-12,14H,5-9H2,1-4H3. The van der Waals surface area contributed by atoms with Gasteiger partial charge in [-0.3, -0.25) is 0 Å². The van der Waals surface area contributed by atoms with Gasteiger partial charge in [0.25, 0.3) is 0 Å². The third kappa shape index (κ3) is 2.94. The second-order valence-corrected chi connectivity index (χ2v) is 5.37. The fourth-order valence-corrected chi connectivity index (χ4v) is 2.80. The smallest absolute Gasteiger partial charge is 0.0883 e. The summed E-state index contributed by atoms with van der Waals surface area (Å²) >= 11 is 0. The minimum absolute atomic E-state index is 0.326. The van der Waals surface area contributed by atoms with Gasteiger partial charge in [0.05, 0.1) is 11.7 Å². The Morgan fingerprint density at radius 3 is 2.47 bits per heavy atom. The highest BCUT2D eigenvalue weighted by molar-refractivity contribution is 4.89. The molecule has 0 aromatic rings. The molecule has 15 heavy (non-hydrogen) atoms. The molecule has 1 N–H and O–H groups in total. The fourth-order valence-electron chi connectivity index (χ4n) is 2.80. The SMILES string of the molecule is CCC1CCCCC1C(O)C(C)(C)OC. The predicted molar refractivity (Wildman–Crippen MR) is 62.8 cm³/mol. The van der Waals surface area contributed by atoms with E-state index >= 15 is 0 Å². The topological polar surface area (TPSA) is 29.5 Å². The number of ether oxygens (including phenoxy) is 1. The second-order valence-electron chi connectivity index (χ2n) is 5.37.